The second kappa shape index (κ2) is 12.6. The third-order valence-electron chi connectivity index (χ3n) is 4.88. The van der Waals surface area contributed by atoms with Crippen LogP contribution in [0.3, 0.4) is 0 Å². The second-order valence-corrected chi connectivity index (χ2v) is 7.18. The van der Waals surface area contributed by atoms with Crippen molar-refractivity contribution >= 4 is 53.1 Å². The van der Waals surface area contributed by atoms with Crippen LogP contribution in [0.25, 0.3) is 0 Å². The van der Waals surface area contributed by atoms with Crippen molar-refractivity contribution in [1.82, 2.24) is 20.5 Å². The molecule has 2 N–H and O–H groups in total. The highest BCUT2D eigenvalue weighted by Crippen LogP contribution is 2.15. The summed E-state index contributed by atoms with van der Waals surface area (Å²) >= 11 is 5.80. The topological polar surface area (TPSA) is 72.9 Å². The summed E-state index contributed by atoms with van der Waals surface area (Å²) in [5.41, 5.74) is 2.29. The largest absolute Gasteiger partial charge is 0.368 e. The van der Waals surface area contributed by atoms with Gasteiger partial charge in [-0.2, -0.15) is 0 Å². The van der Waals surface area contributed by atoms with Gasteiger partial charge in [-0.05, 0) is 30.2 Å². The third-order valence-corrected chi connectivity index (χ3v) is 5.10. The first kappa shape index (κ1) is 24.2. The maximum Gasteiger partial charge on any atom is 0.242 e. The van der Waals surface area contributed by atoms with Crippen molar-refractivity contribution in [2.75, 3.05) is 51.2 Å². The fraction of sp³-hybridized carbons (Fsp3) is 0.381. The van der Waals surface area contributed by atoms with E-state index in [4.69, 9.17) is 11.6 Å². The summed E-state index contributed by atoms with van der Waals surface area (Å²) in [4.78, 5) is 25.0. The number of rotatable bonds is 6. The van der Waals surface area contributed by atoms with Gasteiger partial charge in [-0.15, -0.1) is 24.0 Å². The van der Waals surface area contributed by atoms with E-state index in [1.807, 2.05) is 29.2 Å². The highest BCUT2D eigenvalue weighted by molar-refractivity contribution is 14.0. The van der Waals surface area contributed by atoms with Crippen molar-refractivity contribution in [2.45, 2.75) is 6.42 Å². The monoisotopic (exact) mass is 542 g/mol. The third kappa shape index (κ3) is 7.32. The quantitative estimate of drug-likeness (QED) is 0.254. The summed E-state index contributed by atoms with van der Waals surface area (Å²) < 4.78 is 0. The Morgan fingerprint density at radius 1 is 1.10 bits per heavy atom. The number of para-hydroxylation sites is 1. The lowest BCUT2D eigenvalue weighted by molar-refractivity contribution is -0.130. The molecule has 1 aliphatic rings. The van der Waals surface area contributed by atoms with Gasteiger partial charge in [0.1, 0.15) is 5.15 Å². The van der Waals surface area contributed by atoms with Crippen LogP contribution in [0.2, 0.25) is 5.15 Å². The van der Waals surface area contributed by atoms with E-state index >= 15 is 0 Å². The maximum atomic E-state index is 12.5. The summed E-state index contributed by atoms with van der Waals surface area (Å²) in [5, 5.41) is 6.81. The first-order valence-electron chi connectivity index (χ1n) is 9.78. The number of halogens is 2. The van der Waals surface area contributed by atoms with Crippen LogP contribution >= 0.6 is 35.6 Å². The Hall–Kier alpha value is -2.07. The molecule has 0 saturated carbocycles. The molecule has 0 unspecified atom stereocenters. The van der Waals surface area contributed by atoms with Crippen LogP contribution in [0.1, 0.15) is 5.56 Å². The number of anilines is 1. The number of aliphatic imine (C=N–C) groups is 1. The van der Waals surface area contributed by atoms with Gasteiger partial charge in [-0.1, -0.05) is 35.9 Å². The smallest absolute Gasteiger partial charge is 0.242 e. The fourth-order valence-electron chi connectivity index (χ4n) is 3.22. The number of nitrogens with zero attached hydrogens (tertiary/aromatic N) is 4. The molecule has 0 radical (unpaired) electrons. The zero-order valence-corrected chi connectivity index (χ0v) is 20.1. The van der Waals surface area contributed by atoms with Crippen molar-refractivity contribution in [3.8, 4) is 0 Å². The Labute approximate surface area is 199 Å². The van der Waals surface area contributed by atoms with Crippen LogP contribution in [0.15, 0.2) is 53.7 Å². The van der Waals surface area contributed by atoms with E-state index in [0.717, 1.165) is 38.2 Å². The van der Waals surface area contributed by atoms with Crippen LogP contribution in [-0.4, -0.2) is 68.1 Å². The van der Waals surface area contributed by atoms with Gasteiger partial charge in [-0.3, -0.25) is 9.79 Å². The fourth-order valence-corrected chi connectivity index (χ4v) is 3.34. The molecule has 162 valence electrons. The predicted octanol–water partition coefficient (Wildman–Crippen LogP) is 2.41. The SMILES string of the molecule is CN=C(NCCc1ccc(Cl)nc1)NCC(=O)N1CCN(c2ccccc2)CC1.I. The average molecular weight is 543 g/mol. The van der Waals surface area contributed by atoms with Crippen LogP contribution in [-0.2, 0) is 11.2 Å². The molecule has 2 heterocycles. The Kier molecular flexibility index (Phi) is 10.2. The molecule has 1 amide bonds. The lowest BCUT2D eigenvalue weighted by atomic mass is 10.2. The molecule has 30 heavy (non-hydrogen) atoms. The molecule has 9 heteroatoms. The number of pyridine rings is 1. The number of piperazine rings is 1. The Morgan fingerprint density at radius 3 is 2.47 bits per heavy atom. The zero-order chi connectivity index (χ0) is 20.5. The van der Waals surface area contributed by atoms with Crippen molar-refractivity contribution in [2.24, 2.45) is 4.99 Å². The minimum absolute atomic E-state index is 0. The van der Waals surface area contributed by atoms with Gasteiger partial charge in [0, 0.05) is 51.7 Å². The second-order valence-electron chi connectivity index (χ2n) is 6.80. The lowest BCUT2D eigenvalue weighted by Gasteiger charge is -2.36. The highest BCUT2D eigenvalue weighted by atomic mass is 127. The number of hydrogen-bond acceptors (Lipinski definition) is 4. The zero-order valence-electron chi connectivity index (χ0n) is 17.1. The summed E-state index contributed by atoms with van der Waals surface area (Å²) in [6.07, 6.45) is 2.55. The highest BCUT2D eigenvalue weighted by Gasteiger charge is 2.21. The molecule has 7 nitrogen and oxygen atoms in total. The number of hydrogen-bond donors (Lipinski definition) is 2. The van der Waals surface area contributed by atoms with Gasteiger partial charge in [0.05, 0.1) is 6.54 Å². The molecule has 0 bridgehead atoms. The number of nitrogens with one attached hydrogen (secondary N) is 2. The molecule has 3 rings (SSSR count). The van der Waals surface area contributed by atoms with Crippen LogP contribution < -0.4 is 15.5 Å². The number of benzene rings is 1. The van der Waals surface area contributed by atoms with Crippen LogP contribution in [0, 0.1) is 0 Å². The molecule has 0 aliphatic carbocycles. The molecule has 2 aromatic rings. The molecule has 1 aliphatic heterocycles. The number of amides is 1. The number of carbonyl (C=O) groups is 1. The van der Waals surface area contributed by atoms with Crippen LogP contribution in [0.5, 0.6) is 0 Å². The van der Waals surface area contributed by atoms with E-state index in [-0.39, 0.29) is 36.4 Å². The minimum Gasteiger partial charge on any atom is -0.368 e. The normalized spacial score (nSPS) is 14.1. The first-order chi connectivity index (χ1) is 14.2. The standard InChI is InChI=1S/C21H27ClN6O.HI/c1-23-21(24-10-9-17-7-8-19(22)25-15-17)26-16-20(29)28-13-11-27(12-14-28)18-5-3-2-4-6-18;/h2-8,15H,9-14,16H2,1H3,(H2,23,24,26);1H. The van der Waals surface area contributed by atoms with E-state index in [2.05, 4.69) is 37.6 Å². The van der Waals surface area contributed by atoms with E-state index in [9.17, 15) is 4.79 Å². The van der Waals surface area contributed by atoms with E-state index < -0.39 is 0 Å². The molecule has 1 aromatic heterocycles. The summed E-state index contributed by atoms with van der Waals surface area (Å²) in [5.74, 6) is 0.700. The van der Waals surface area contributed by atoms with Gasteiger partial charge in [0.15, 0.2) is 5.96 Å². The molecule has 1 fully saturated rings. The molecular formula is C21H28ClIN6O. The number of guanidine groups is 1. The van der Waals surface area contributed by atoms with E-state index in [1.165, 1.54) is 5.69 Å². The van der Waals surface area contributed by atoms with Crippen LogP contribution in [0.4, 0.5) is 5.69 Å². The Balaban J connectivity index is 0.00000320. The van der Waals surface area contributed by atoms with Gasteiger partial charge in [0.25, 0.3) is 0 Å². The Morgan fingerprint density at radius 2 is 1.83 bits per heavy atom. The molecule has 1 aromatic carbocycles. The van der Waals surface area contributed by atoms with Crippen molar-refractivity contribution in [1.29, 1.82) is 0 Å². The van der Waals surface area contributed by atoms with Crippen molar-refractivity contribution in [3.05, 3.63) is 59.4 Å². The van der Waals surface area contributed by atoms with E-state index in [0.29, 0.717) is 17.7 Å². The number of aromatic nitrogens is 1. The minimum atomic E-state index is 0. The summed E-state index contributed by atoms with van der Waals surface area (Å²) in [6, 6.07) is 14.0. The molecule has 0 spiro atoms. The first-order valence-corrected chi connectivity index (χ1v) is 10.2. The van der Waals surface area contributed by atoms with Gasteiger partial charge >= 0.3 is 0 Å². The predicted molar refractivity (Wildman–Crippen MR) is 133 cm³/mol. The molecular weight excluding hydrogens is 515 g/mol. The summed E-state index contributed by atoms with van der Waals surface area (Å²) in [7, 11) is 1.70. The summed E-state index contributed by atoms with van der Waals surface area (Å²) in [6.45, 7) is 4.06. The Bertz CT molecular complexity index is 810. The average Bonchev–Trinajstić information content (AvgIpc) is 2.78. The number of carbonyl (C=O) groups excluding carboxylic acids is 1. The van der Waals surface area contributed by atoms with Crippen molar-refractivity contribution in [3.63, 3.8) is 0 Å². The van der Waals surface area contributed by atoms with Gasteiger partial charge < -0.3 is 20.4 Å². The lowest BCUT2D eigenvalue weighted by Crippen LogP contribution is -2.52. The van der Waals surface area contributed by atoms with E-state index in [1.54, 1.807) is 19.3 Å². The van der Waals surface area contributed by atoms with Gasteiger partial charge in [-0.25, -0.2) is 4.98 Å². The van der Waals surface area contributed by atoms with Gasteiger partial charge in [0.2, 0.25) is 5.91 Å². The maximum absolute atomic E-state index is 12.5. The van der Waals surface area contributed by atoms with Crippen molar-refractivity contribution < 1.29 is 4.79 Å². The molecule has 0 atom stereocenters. The molecule has 1 saturated heterocycles.